The first kappa shape index (κ1) is 42.7. The molecule has 314 valence electrons. The summed E-state index contributed by atoms with van der Waals surface area (Å²) in [7, 11) is 2.46. The van der Waals surface area contributed by atoms with E-state index in [0.29, 0.717) is 68.8 Å². The number of nitrogens with zero attached hydrogens (tertiary/aromatic N) is 3. The maximum Gasteiger partial charge on any atom is 0.407 e. The lowest BCUT2D eigenvalue weighted by Gasteiger charge is -2.28. The first-order valence-electron chi connectivity index (χ1n) is 20.0. The third-order valence-electron chi connectivity index (χ3n) is 10.7. The number of anilines is 3. The average Bonchev–Trinajstić information content (AvgIpc) is 3.98. The molecule has 4 N–H and O–H groups in total. The molecule has 15 nitrogen and oxygen atoms in total. The molecule has 2 fully saturated rings. The van der Waals surface area contributed by atoms with Crippen LogP contribution in [0, 0.1) is 0 Å². The molecule has 0 bridgehead atoms. The molecule has 15 heteroatoms. The van der Waals surface area contributed by atoms with Crippen LogP contribution in [0.5, 0.6) is 0 Å². The molecule has 6 rings (SSSR count). The Hall–Kier alpha value is -6.90. The third kappa shape index (κ3) is 10.8. The van der Waals surface area contributed by atoms with Crippen LogP contribution in [0.15, 0.2) is 109 Å². The van der Waals surface area contributed by atoms with Gasteiger partial charge in [-0.25, -0.2) is 9.59 Å². The minimum atomic E-state index is -1.00. The van der Waals surface area contributed by atoms with E-state index in [1.807, 2.05) is 84.9 Å². The molecule has 4 aromatic carbocycles. The van der Waals surface area contributed by atoms with Crippen LogP contribution in [0.1, 0.15) is 55.3 Å². The molecule has 4 aromatic rings. The van der Waals surface area contributed by atoms with Crippen molar-refractivity contribution in [2.24, 2.45) is 0 Å². The van der Waals surface area contributed by atoms with Crippen LogP contribution >= 0.6 is 0 Å². The maximum absolute atomic E-state index is 13.8. The highest BCUT2D eigenvalue weighted by Gasteiger charge is 2.39. The van der Waals surface area contributed by atoms with Gasteiger partial charge in [-0.1, -0.05) is 72.8 Å². The van der Waals surface area contributed by atoms with Gasteiger partial charge in [-0.15, -0.1) is 0 Å². The molecule has 0 aromatic heterocycles. The second-order valence-corrected chi connectivity index (χ2v) is 14.8. The Bertz CT molecular complexity index is 2120. The van der Waals surface area contributed by atoms with E-state index in [1.165, 1.54) is 24.0 Å². The van der Waals surface area contributed by atoms with Gasteiger partial charge < -0.3 is 45.4 Å². The normalized spacial score (nSPS) is 16.9. The largest absolute Gasteiger partial charge is 0.453 e. The number of para-hydroxylation sites is 1. The summed E-state index contributed by atoms with van der Waals surface area (Å²) in [5.74, 6) is -1.32. The lowest BCUT2D eigenvalue weighted by Crippen LogP contribution is -2.51. The number of ether oxygens (including phenoxy) is 2. The van der Waals surface area contributed by atoms with E-state index >= 15 is 0 Å². The number of hydrogen-bond donors (Lipinski definition) is 4. The summed E-state index contributed by atoms with van der Waals surface area (Å²) in [5, 5.41) is 11.0. The van der Waals surface area contributed by atoms with Crippen LogP contribution in [-0.4, -0.2) is 91.0 Å². The number of nitrogens with one attached hydrogen (secondary N) is 4. The summed E-state index contributed by atoms with van der Waals surface area (Å²) in [6.07, 6.45) is 0.885. The predicted molar refractivity (Wildman–Crippen MR) is 226 cm³/mol. The van der Waals surface area contributed by atoms with E-state index in [0.717, 1.165) is 16.8 Å². The van der Waals surface area contributed by atoms with Crippen LogP contribution < -0.4 is 26.2 Å². The van der Waals surface area contributed by atoms with Gasteiger partial charge in [0, 0.05) is 43.2 Å². The number of hydrogen-bond acceptors (Lipinski definition) is 9. The van der Waals surface area contributed by atoms with Gasteiger partial charge in [-0.3, -0.25) is 19.2 Å². The summed E-state index contributed by atoms with van der Waals surface area (Å²) in [5.41, 5.74) is 4.81. The fraction of sp³-hybridized carbons (Fsp3) is 0.333. The van der Waals surface area contributed by atoms with E-state index in [2.05, 4.69) is 30.9 Å². The van der Waals surface area contributed by atoms with Crippen molar-refractivity contribution < 1.29 is 38.2 Å². The van der Waals surface area contributed by atoms with Crippen LogP contribution in [0.4, 0.5) is 26.7 Å². The van der Waals surface area contributed by atoms with Crippen molar-refractivity contribution in [3.05, 3.63) is 126 Å². The van der Waals surface area contributed by atoms with Gasteiger partial charge in [-0.05, 0) is 85.7 Å². The Kier molecular flexibility index (Phi) is 14.4. The highest BCUT2D eigenvalue weighted by Crippen LogP contribution is 2.27. The number of alkyl carbamates (subject to hydrolysis) is 2. The SMILES string of the molecule is COC(=O)N[C@@H](C)C(=O)N1CCC[C@H]1C(=O)Nc1ccc(CN(Cc2ccc(NC(=O)[C@@H]3CCCN3C(=O)[C@H](NC(=O)OC)c3ccccc3)cc2)c2ccccc2)cc1. The molecule has 0 saturated carbocycles. The Balaban J connectivity index is 1.07. The quantitative estimate of drug-likeness (QED) is 0.126. The van der Waals surface area contributed by atoms with Gasteiger partial charge in [0.1, 0.15) is 24.2 Å². The second-order valence-electron chi connectivity index (χ2n) is 14.8. The topological polar surface area (TPSA) is 179 Å². The highest BCUT2D eigenvalue weighted by molar-refractivity contribution is 5.99. The number of benzene rings is 4. The maximum atomic E-state index is 13.8. The first-order valence-corrected chi connectivity index (χ1v) is 20.0. The second kappa shape index (κ2) is 20.2. The molecule has 2 aliphatic rings. The summed E-state index contributed by atoms with van der Waals surface area (Å²) in [6.45, 7) is 3.49. The van der Waals surface area contributed by atoms with Crippen molar-refractivity contribution in [1.29, 1.82) is 0 Å². The Morgan fingerprint density at radius 3 is 1.55 bits per heavy atom. The molecule has 0 unspecified atom stereocenters. The van der Waals surface area contributed by atoms with Crippen molar-refractivity contribution >= 4 is 52.9 Å². The molecular formula is C45H51N7O8. The van der Waals surface area contributed by atoms with Gasteiger partial charge in [0.05, 0.1) is 14.2 Å². The van der Waals surface area contributed by atoms with E-state index in [-0.39, 0.29) is 23.6 Å². The molecule has 0 aliphatic carbocycles. The standard InChI is InChI=1S/C45H51N7O8/c1-30(46-44(57)59-2)42(55)51-26-10-16-37(51)40(53)47-34-22-18-31(19-23-34)28-50(36-14-8-5-9-15-36)29-32-20-24-35(25-21-32)48-41(54)38-17-11-27-52(38)43(56)39(49-45(58)60-3)33-12-6-4-7-13-33/h4-9,12-15,18-25,30,37-39H,10-11,16-17,26-29H2,1-3H3,(H,46,57)(H,47,53)(H,48,54)(H,49,58)/t30-,37-,38-,39+/m0/s1. The molecule has 0 radical (unpaired) electrons. The minimum absolute atomic E-state index is 0.289. The zero-order chi connectivity index (χ0) is 42.6. The average molecular weight is 818 g/mol. The van der Waals surface area contributed by atoms with Crippen molar-refractivity contribution in [3.8, 4) is 0 Å². The molecule has 60 heavy (non-hydrogen) atoms. The lowest BCUT2D eigenvalue weighted by atomic mass is 10.0. The van der Waals surface area contributed by atoms with Gasteiger partial charge in [0.15, 0.2) is 0 Å². The lowest BCUT2D eigenvalue weighted by molar-refractivity contribution is -0.138. The van der Waals surface area contributed by atoms with Crippen LogP contribution in [0.3, 0.4) is 0 Å². The summed E-state index contributed by atoms with van der Waals surface area (Å²) in [6, 6.07) is 30.9. The number of rotatable bonds is 14. The number of amides is 6. The number of carbonyl (C=O) groups excluding carboxylic acids is 6. The fourth-order valence-electron chi connectivity index (χ4n) is 7.58. The van der Waals surface area contributed by atoms with Gasteiger partial charge in [-0.2, -0.15) is 0 Å². The molecule has 6 amide bonds. The van der Waals surface area contributed by atoms with E-state index in [1.54, 1.807) is 31.2 Å². The van der Waals surface area contributed by atoms with Gasteiger partial charge in [0.25, 0.3) is 5.91 Å². The van der Waals surface area contributed by atoms with Crippen molar-refractivity contribution in [2.75, 3.05) is 42.8 Å². The monoisotopic (exact) mass is 817 g/mol. The minimum Gasteiger partial charge on any atom is -0.453 e. The predicted octanol–water partition coefficient (Wildman–Crippen LogP) is 5.59. The highest BCUT2D eigenvalue weighted by atomic mass is 16.5. The van der Waals surface area contributed by atoms with E-state index < -0.39 is 36.4 Å². The van der Waals surface area contributed by atoms with Crippen LogP contribution in [-0.2, 0) is 41.7 Å². The van der Waals surface area contributed by atoms with Crippen LogP contribution in [0.2, 0.25) is 0 Å². The van der Waals surface area contributed by atoms with E-state index in [9.17, 15) is 28.8 Å². The number of carbonyl (C=O) groups is 6. The Morgan fingerprint density at radius 2 is 1.07 bits per heavy atom. The number of likely N-dealkylation sites (tertiary alicyclic amines) is 2. The van der Waals surface area contributed by atoms with Gasteiger partial charge in [0.2, 0.25) is 17.7 Å². The Morgan fingerprint density at radius 1 is 0.617 bits per heavy atom. The molecule has 2 aliphatic heterocycles. The fourth-order valence-corrected chi connectivity index (χ4v) is 7.58. The first-order chi connectivity index (χ1) is 29.0. The summed E-state index contributed by atoms with van der Waals surface area (Å²) < 4.78 is 9.38. The molecular weight excluding hydrogens is 767 g/mol. The zero-order valence-corrected chi connectivity index (χ0v) is 34.0. The molecule has 4 atom stereocenters. The Labute approximate surface area is 349 Å². The number of methoxy groups -OCH3 is 2. The summed E-state index contributed by atoms with van der Waals surface area (Å²) in [4.78, 5) is 82.7. The summed E-state index contributed by atoms with van der Waals surface area (Å²) >= 11 is 0. The van der Waals surface area contributed by atoms with E-state index in [4.69, 9.17) is 4.74 Å². The van der Waals surface area contributed by atoms with Crippen molar-refractivity contribution in [2.45, 2.75) is 69.9 Å². The van der Waals surface area contributed by atoms with Crippen molar-refractivity contribution in [3.63, 3.8) is 0 Å². The molecule has 2 saturated heterocycles. The smallest absolute Gasteiger partial charge is 0.407 e. The van der Waals surface area contributed by atoms with Crippen LogP contribution in [0.25, 0.3) is 0 Å². The molecule has 2 heterocycles. The third-order valence-corrected chi connectivity index (χ3v) is 10.7. The molecule has 0 spiro atoms. The zero-order valence-electron chi connectivity index (χ0n) is 34.0. The van der Waals surface area contributed by atoms with Crippen molar-refractivity contribution in [1.82, 2.24) is 20.4 Å². The van der Waals surface area contributed by atoms with Gasteiger partial charge >= 0.3 is 12.2 Å².